The van der Waals surface area contributed by atoms with E-state index in [0.29, 0.717) is 6.54 Å². The molecule has 0 aromatic carbocycles. The Morgan fingerprint density at radius 3 is 2.44 bits per heavy atom. The zero-order chi connectivity index (χ0) is 14.0. The maximum atomic E-state index is 11.5. The van der Waals surface area contributed by atoms with Crippen LogP contribution in [0.5, 0.6) is 0 Å². The van der Waals surface area contributed by atoms with Crippen LogP contribution in [-0.4, -0.2) is 41.2 Å². The molecule has 3 N–H and O–H groups in total. The number of urea groups is 1. The molecule has 106 valence electrons. The number of carbonyl (C=O) groups excluding carboxylic acids is 1. The van der Waals surface area contributed by atoms with Crippen molar-refractivity contribution in [1.29, 1.82) is 0 Å². The molecule has 0 radical (unpaired) electrons. The lowest BCUT2D eigenvalue weighted by Gasteiger charge is -2.24. The lowest BCUT2D eigenvalue weighted by Crippen LogP contribution is -2.49. The molecule has 0 atom stereocenters. The van der Waals surface area contributed by atoms with E-state index in [9.17, 15) is 9.59 Å². The second kappa shape index (κ2) is 9.08. The first kappa shape index (κ1) is 17.1. The number of carboxylic acids is 1. The molecule has 18 heavy (non-hydrogen) atoms. The average Bonchev–Trinajstić information content (AvgIpc) is 2.20. The van der Waals surface area contributed by atoms with Gasteiger partial charge in [0.2, 0.25) is 0 Å². The first-order chi connectivity index (χ1) is 8.37. The van der Waals surface area contributed by atoms with E-state index >= 15 is 0 Å². The third-order valence-corrected chi connectivity index (χ3v) is 3.05. The molecule has 0 unspecified atom stereocenters. The lowest BCUT2D eigenvalue weighted by molar-refractivity contribution is -0.138. The van der Waals surface area contributed by atoms with E-state index < -0.39 is 11.5 Å². The number of aliphatic carboxylic acids is 1. The first-order valence-electron chi connectivity index (χ1n) is 6.14. The number of thioether (sulfide) groups is 1. The number of carboxylic acid groups (broad SMARTS) is 1. The highest BCUT2D eigenvalue weighted by atomic mass is 32.2. The van der Waals surface area contributed by atoms with E-state index in [0.717, 1.165) is 25.0 Å². The molecule has 0 aliphatic carbocycles. The number of hydrogen-bond donors (Lipinski definition) is 3. The predicted molar refractivity (Wildman–Crippen MR) is 75.1 cm³/mol. The monoisotopic (exact) mass is 276 g/mol. The van der Waals surface area contributed by atoms with Crippen LogP contribution in [0.1, 0.15) is 39.5 Å². The molecule has 0 aromatic rings. The molecule has 0 saturated heterocycles. The van der Waals surface area contributed by atoms with Crippen molar-refractivity contribution in [3.05, 3.63) is 0 Å². The molecule has 0 aromatic heterocycles. The molecular weight excluding hydrogens is 252 g/mol. The van der Waals surface area contributed by atoms with Gasteiger partial charge in [-0.25, -0.2) is 4.79 Å². The van der Waals surface area contributed by atoms with Crippen LogP contribution in [0, 0.1) is 0 Å². The van der Waals surface area contributed by atoms with E-state index in [4.69, 9.17) is 5.11 Å². The van der Waals surface area contributed by atoms with Gasteiger partial charge in [0.05, 0.1) is 6.42 Å². The minimum atomic E-state index is -0.919. The van der Waals surface area contributed by atoms with Crippen LogP contribution in [0.4, 0.5) is 4.79 Å². The summed E-state index contributed by atoms with van der Waals surface area (Å²) in [7, 11) is 0. The molecule has 0 fully saturated rings. The van der Waals surface area contributed by atoms with Crippen molar-refractivity contribution in [1.82, 2.24) is 10.6 Å². The molecule has 0 saturated carbocycles. The molecular formula is C12H24N2O3S. The van der Waals surface area contributed by atoms with Gasteiger partial charge in [0, 0.05) is 12.1 Å². The van der Waals surface area contributed by atoms with Crippen molar-refractivity contribution < 1.29 is 14.7 Å². The maximum absolute atomic E-state index is 11.5. The normalized spacial score (nSPS) is 11.1. The number of amides is 2. The van der Waals surface area contributed by atoms with Gasteiger partial charge in [-0.15, -0.1) is 0 Å². The predicted octanol–water partition coefficient (Wildman–Crippen LogP) is 2.07. The Hall–Kier alpha value is -0.910. The van der Waals surface area contributed by atoms with Gasteiger partial charge in [0.15, 0.2) is 0 Å². The van der Waals surface area contributed by atoms with Crippen molar-refractivity contribution in [2.75, 3.05) is 18.6 Å². The van der Waals surface area contributed by atoms with E-state index in [1.807, 2.05) is 11.8 Å². The van der Waals surface area contributed by atoms with Gasteiger partial charge in [-0.2, -0.15) is 11.8 Å². The van der Waals surface area contributed by atoms with Crippen molar-refractivity contribution in [2.24, 2.45) is 0 Å². The molecule has 0 rings (SSSR count). The number of rotatable bonds is 9. The standard InChI is InChI=1S/C12H24N2O3S/c1-12(2,9-10(15)16)14-11(17)13-7-5-4-6-8-18-3/h4-9H2,1-3H3,(H,15,16)(H2,13,14,17). The topological polar surface area (TPSA) is 78.4 Å². The fourth-order valence-corrected chi connectivity index (χ4v) is 2.02. The van der Waals surface area contributed by atoms with Gasteiger partial charge in [-0.3, -0.25) is 4.79 Å². The van der Waals surface area contributed by atoms with Crippen LogP contribution in [0.3, 0.4) is 0 Å². The van der Waals surface area contributed by atoms with Gasteiger partial charge in [-0.1, -0.05) is 6.42 Å². The minimum absolute atomic E-state index is 0.0891. The fourth-order valence-electron chi connectivity index (χ4n) is 1.52. The largest absolute Gasteiger partial charge is 0.481 e. The van der Waals surface area contributed by atoms with E-state index in [1.165, 1.54) is 0 Å². The van der Waals surface area contributed by atoms with Gasteiger partial charge < -0.3 is 15.7 Å². The zero-order valence-electron chi connectivity index (χ0n) is 11.4. The Labute approximate surface area is 113 Å². The summed E-state index contributed by atoms with van der Waals surface area (Å²) in [5.74, 6) is 0.232. The number of hydrogen-bond acceptors (Lipinski definition) is 3. The number of nitrogens with one attached hydrogen (secondary N) is 2. The highest BCUT2D eigenvalue weighted by Gasteiger charge is 2.23. The first-order valence-corrected chi connectivity index (χ1v) is 7.53. The van der Waals surface area contributed by atoms with Gasteiger partial charge in [0.1, 0.15) is 0 Å². The van der Waals surface area contributed by atoms with Crippen LogP contribution >= 0.6 is 11.8 Å². The van der Waals surface area contributed by atoms with E-state index in [2.05, 4.69) is 16.9 Å². The second-order valence-corrected chi connectivity index (χ2v) is 5.87. The Morgan fingerprint density at radius 1 is 1.22 bits per heavy atom. The molecule has 0 spiro atoms. The minimum Gasteiger partial charge on any atom is -0.481 e. The van der Waals surface area contributed by atoms with Crippen LogP contribution in [0.2, 0.25) is 0 Å². The van der Waals surface area contributed by atoms with Crippen LogP contribution in [0.15, 0.2) is 0 Å². The Bertz CT molecular complexity index is 270. The Balaban J connectivity index is 3.67. The maximum Gasteiger partial charge on any atom is 0.315 e. The molecule has 6 heteroatoms. The molecule has 0 aliphatic heterocycles. The Morgan fingerprint density at radius 2 is 1.89 bits per heavy atom. The van der Waals surface area contributed by atoms with E-state index in [-0.39, 0.29) is 12.5 Å². The average molecular weight is 276 g/mol. The second-order valence-electron chi connectivity index (χ2n) is 4.89. The lowest BCUT2D eigenvalue weighted by atomic mass is 10.0. The van der Waals surface area contributed by atoms with Gasteiger partial charge >= 0.3 is 12.0 Å². The number of unbranched alkanes of at least 4 members (excludes halogenated alkanes) is 2. The highest BCUT2D eigenvalue weighted by molar-refractivity contribution is 7.98. The molecule has 0 aliphatic rings. The van der Waals surface area contributed by atoms with Gasteiger partial charge in [0.25, 0.3) is 0 Å². The summed E-state index contributed by atoms with van der Waals surface area (Å²) in [6.45, 7) is 4.02. The molecule has 5 nitrogen and oxygen atoms in total. The summed E-state index contributed by atoms with van der Waals surface area (Å²) in [5.41, 5.74) is -0.727. The van der Waals surface area contributed by atoms with Crippen molar-refractivity contribution in [2.45, 2.75) is 45.1 Å². The van der Waals surface area contributed by atoms with Crippen LogP contribution in [-0.2, 0) is 4.79 Å². The molecule has 2 amide bonds. The fraction of sp³-hybridized carbons (Fsp3) is 0.833. The van der Waals surface area contributed by atoms with Crippen molar-refractivity contribution in [3.63, 3.8) is 0 Å². The third-order valence-electron chi connectivity index (χ3n) is 2.36. The summed E-state index contributed by atoms with van der Waals surface area (Å²) >= 11 is 1.82. The summed E-state index contributed by atoms with van der Waals surface area (Å²) < 4.78 is 0. The van der Waals surface area contributed by atoms with Crippen LogP contribution < -0.4 is 10.6 Å². The van der Waals surface area contributed by atoms with Crippen LogP contribution in [0.25, 0.3) is 0 Å². The highest BCUT2D eigenvalue weighted by Crippen LogP contribution is 2.07. The Kier molecular flexibility index (Phi) is 8.62. The third kappa shape index (κ3) is 10.3. The van der Waals surface area contributed by atoms with Gasteiger partial charge in [-0.05, 0) is 38.7 Å². The number of carbonyl (C=O) groups is 2. The summed E-state index contributed by atoms with van der Waals surface area (Å²) in [5, 5.41) is 14.1. The van der Waals surface area contributed by atoms with Crippen molar-refractivity contribution in [3.8, 4) is 0 Å². The quantitative estimate of drug-likeness (QED) is 0.563. The smallest absolute Gasteiger partial charge is 0.315 e. The molecule has 0 bridgehead atoms. The summed E-state index contributed by atoms with van der Waals surface area (Å²) in [6, 6.07) is -0.300. The summed E-state index contributed by atoms with van der Waals surface area (Å²) in [6.07, 6.45) is 5.20. The van der Waals surface area contributed by atoms with Crippen molar-refractivity contribution >= 4 is 23.8 Å². The zero-order valence-corrected chi connectivity index (χ0v) is 12.2. The molecule has 0 heterocycles. The van der Waals surface area contributed by atoms with E-state index in [1.54, 1.807) is 13.8 Å². The summed E-state index contributed by atoms with van der Waals surface area (Å²) in [4.78, 5) is 22.1. The SMILES string of the molecule is CSCCCCCNC(=O)NC(C)(C)CC(=O)O.